The van der Waals surface area contributed by atoms with Crippen molar-refractivity contribution in [2.75, 3.05) is 25.5 Å². The second-order valence-electron chi connectivity index (χ2n) is 3.66. The summed E-state index contributed by atoms with van der Waals surface area (Å²) >= 11 is 3.27. The molecule has 0 aromatic heterocycles. The van der Waals surface area contributed by atoms with Gasteiger partial charge in [-0.1, -0.05) is 28.1 Å². The molecule has 0 unspecified atom stereocenters. The van der Waals surface area contributed by atoms with Gasteiger partial charge >= 0.3 is 0 Å². The van der Waals surface area contributed by atoms with Gasteiger partial charge in [-0.2, -0.15) is 0 Å². The second kappa shape index (κ2) is 7.61. The normalized spacial score (nSPS) is 11.2. The zero-order valence-electron chi connectivity index (χ0n) is 9.70. The van der Waals surface area contributed by atoms with Gasteiger partial charge in [0.2, 0.25) is 0 Å². The summed E-state index contributed by atoms with van der Waals surface area (Å²) in [5, 5.41) is 0.690. The Hall–Kier alpha value is -0.680. The highest BCUT2D eigenvalue weighted by Crippen LogP contribution is 2.13. The van der Waals surface area contributed by atoms with Crippen molar-refractivity contribution in [3.8, 4) is 5.75 Å². The van der Waals surface area contributed by atoms with Crippen LogP contribution in [-0.4, -0.2) is 36.9 Å². The number of ether oxygens (including phenoxy) is 1. The van der Waals surface area contributed by atoms with E-state index in [-0.39, 0.29) is 6.54 Å². The highest BCUT2D eigenvalue weighted by molar-refractivity contribution is 9.09. The molecule has 0 bridgehead atoms. The lowest BCUT2D eigenvalue weighted by molar-refractivity contribution is 0.0881. The van der Waals surface area contributed by atoms with E-state index in [9.17, 15) is 8.78 Å². The monoisotopic (exact) mass is 307 g/mol. The summed E-state index contributed by atoms with van der Waals surface area (Å²) in [7, 11) is 1.60. The zero-order valence-corrected chi connectivity index (χ0v) is 11.3. The summed E-state index contributed by atoms with van der Waals surface area (Å²) in [5.41, 5.74) is 1.01. The molecule has 0 aliphatic carbocycles. The summed E-state index contributed by atoms with van der Waals surface area (Å²) < 4.78 is 29.8. The maximum atomic E-state index is 12.4. The number of hydrogen-bond acceptors (Lipinski definition) is 2. The van der Waals surface area contributed by atoms with Crippen LogP contribution in [0.2, 0.25) is 0 Å². The van der Waals surface area contributed by atoms with Crippen molar-refractivity contribution in [1.29, 1.82) is 0 Å². The summed E-state index contributed by atoms with van der Waals surface area (Å²) in [4.78, 5) is 1.72. The minimum absolute atomic E-state index is 0.197. The number of benzene rings is 1. The molecular weight excluding hydrogens is 292 g/mol. The molecule has 17 heavy (non-hydrogen) atoms. The van der Waals surface area contributed by atoms with Gasteiger partial charge in [0.1, 0.15) is 5.75 Å². The molecule has 96 valence electrons. The van der Waals surface area contributed by atoms with E-state index in [0.29, 0.717) is 18.4 Å². The van der Waals surface area contributed by atoms with Crippen LogP contribution in [0.5, 0.6) is 5.75 Å². The van der Waals surface area contributed by atoms with E-state index in [1.165, 1.54) is 0 Å². The van der Waals surface area contributed by atoms with Crippen LogP contribution in [0.15, 0.2) is 24.3 Å². The van der Waals surface area contributed by atoms with Gasteiger partial charge in [0.15, 0.2) is 0 Å². The van der Waals surface area contributed by atoms with Gasteiger partial charge < -0.3 is 4.74 Å². The Labute approximate surface area is 109 Å². The van der Waals surface area contributed by atoms with Gasteiger partial charge in [0, 0.05) is 18.4 Å². The zero-order chi connectivity index (χ0) is 12.7. The van der Waals surface area contributed by atoms with Gasteiger partial charge in [-0.3, -0.25) is 4.90 Å². The molecule has 1 aromatic carbocycles. The third-order valence-electron chi connectivity index (χ3n) is 2.36. The highest BCUT2D eigenvalue weighted by Gasteiger charge is 2.11. The molecule has 0 atom stereocenters. The van der Waals surface area contributed by atoms with Crippen molar-refractivity contribution in [3.63, 3.8) is 0 Å². The Balaban J connectivity index is 2.58. The summed E-state index contributed by atoms with van der Waals surface area (Å²) in [6.45, 7) is 0.938. The average Bonchev–Trinajstić information content (AvgIpc) is 2.29. The Bertz CT molecular complexity index is 319. The summed E-state index contributed by atoms with van der Waals surface area (Å²) in [6.07, 6.45) is -2.30. The van der Waals surface area contributed by atoms with Crippen LogP contribution in [0.4, 0.5) is 8.78 Å². The first-order valence-corrected chi connectivity index (χ1v) is 6.47. The Morgan fingerprint density at radius 1 is 1.29 bits per heavy atom. The molecule has 2 nitrogen and oxygen atoms in total. The van der Waals surface area contributed by atoms with E-state index >= 15 is 0 Å². The standard InChI is InChI=1S/C12H16BrF2NO/c1-17-11-4-2-10(3-5-11)8-16(7-6-13)9-12(14)15/h2-5,12H,6-9H2,1H3. The first-order valence-electron chi connectivity index (χ1n) is 5.35. The van der Waals surface area contributed by atoms with Gasteiger partial charge in [-0.15, -0.1) is 0 Å². The fourth-order valence-corrected chi connectivity index (χ4v) is 2.04. The van der Waals surface area contributed by atoms with E-state index in [4.69, 9.17) is 4.74 Å². The Morgan fingerprint density at radius 2 is 1.94 bits per heavy atom. The van der Waals surface area contributed by atoms with Crippen molar-refractivity contribution in [2.45, 2.75) is 13.0 Å². The molecule has 1 rings (SSSR count). The maximum Gasteiger partial charge on any atom is 0.251 e. The van der Waals surface area contributed by atoms with Crippen molar-refractivity contribution in [1.82, 2.24) is 4.90 Å². The molecule has 0 aliphatic heterocycles. The molecule has 0 aliphatic rings. The molecule has 0 amide bonds. The largest absolute Gasteiger partial charge is 0.497 e. The maximum absolute atomic E-state index is 12.4. The van der Waals surface area contributed by atoms with E-state index in [2.05, 4.69) is 15.9 Å². The number of halogens is 3. The summed E-state index contributed by atoms with van der Waals surface area (Å²) in [5.74, 6) is 0.773. The van der Waals surface area contributed by atoms with Crippen molar-refractivity contribution in [3.05, 3.63) is 29.8 Å². The topological polar surface area (TPSA) is 12.5 Å². The van der Waals surface area contributed by atoms with Crippen LogP contribution in [-0.2, 0) is 6.54 Å². The fraction of sp³-hybridized carbons (Fsp3) is 0.500. The molecule has 0 fully saturated rings. The molecule has 0 heterocycles. The molecule has 5 heteroatoms. The minimum atomic E-state index is -2.30. The van der Waals surface area contributed by atoms with Crippen LogP contribution in [0.1, 0.15) is 5.56 Å². The first kappa shape index (κ1) is 14.4. The predicted octanol–water partition coefficient (Wildman–Crippen LogP) is 3.16. The van der Waals surface area contributed by atoms with E-state index in [0.717, 1.165) is 11.3 Å². The summed E-state index contributed by atoms with van der Waals surface area (Å²) in [6, 6.07) is 7.46. The lowest BCUT2D eigenvalue weighted by atomic mass is 10.2. The molecule has 0 spiro atoms. The Morgan fingerprint density at radius 3 is 2.41 bits per heavy atom. The van der Waals surface area contributed by atoms with E-state index < -0.39 is 6.43 Å². The number of methoxy groups -OCH3 is 1. The number of alkyl halides is 3. The van der Waals surface area contributed by atoms with E-state index in [1.54, 1.807) is 12.0 Å². The van der Waals surface area contributed by atoms with Crippen molar-refractivity contribution < 1.29 is 13.5 Å². The SMILES string of the molecule is COc1ccc(CN(CCBr)CC(F)F)cc1. The minimum Gasteiger partial charge on any atom is -0.497 e. The lowest BCUT2D eigenvalue weighted by Gasteiger charge is -2.20. The van der Waals surface area contributed by atoms with Gasteiger partial charge in [-0.05, 0) is 17.7 Å². The van der Waals surface area contributed by atoms with Crippen LogP contribution < -0.4 is 4.74 Å². The number of nitrogens with zero attached hydrogens (tertiary/aromatic N) is 1. The molecule has 0 N–H and O–H groups in total. The highest BCUT2D eigenvalue weighted by atomic mass is 79.9. The van der Waals surface area contributed by atoms with Crippen LogP contribution >= 0.6 is 15.9 Å². The van der Waals surface area contributed by atoms with Crippen LogP contribution in [0.3, 0.4) is 0 Å². The second-order valence-corrected chi connectivity index (χ2v) is 4.46. The quantitative estimate of drug-likeness (QED) is 0.718. The third-order valence-corrected chi connectivity index (χ3v) is 2.72. The van der Waals surface area contributed by atoms with Crippen LogP contribution in [0.25, 0.3) is 0 Å². The van der Waals surface area contributed by atoms with Gasteiger partial charge in [0.25, 0.3) is 6.43 Å². The predicted molar refractivity (Wildman–Crippen MR) is 68.1 cm³/mol. The van der Waals surface area contributed by atoms with Crippen molar-refractivity contribution >= 4 is 15.9 Å². The van der Waals surface area contributed by atoms with Crippen molar-refractivity contribution in [2.24, 2.45) is 0 Å². The molecule has 0 radical (unpaired) electrons. The number of hydrogen-bond donors (Lipinski definition) is 0. The third kappa shape index (κ3) is 5.46. The lowest BCUT2D eigenvalue weighted by Crippen LogP contribution is -2.30. The van der Waals surface area contributed by atoms with E-state index in [1.807, 2.05) is 24.3 Å². The Kier molecular flexibility index (Phi) is 6.44. The molecule has 0 saturated carbocycles. The smallest absolute Gasteiger partial charge is 0.251 e. The van der Waals surface area contributed by atoms with Gasteiger partial charge in [-0.25, -0.2) is 8.78 Å². The molecular formula is C12H16BrF2NO. The first-order chi connectivity index (χ1) is 8.15. The average molecular weight is 308 g/mol. The van der Waals surface area contributed by atoms with Gasteiger partial charge in [0.05, 0.1) is 13.7 Å². The molecule has 1 aromatic rings. The fourth-order valence-electron chi connectivity index (χ4n) is 1.54. The van der Waals surface area contributed by atoms with Crippen LogP contribution in [0, 0.1) is 0 Å². The number of rotatable bonds is 7. The molecule has 0 saturated heterocycles.